The van der Waals surface area contributed by atoms with Crippen LogP contribution in [0.3, 0.4) is 0 Å². The van der Waals surface area contributed by atoms with Gasteiger partial charge in [-0.25, -0.2) is 4.39 Å². The summed E-state index contributed by atoms with van der Waals surface area (Å²) >= 11 is 1.96. The number of nitrogens with one attached hydrogen (secondary N) is 1. The van der Waals surface area contributed by atoms with Crippen molar-refractivity contribution in [2.24, 2.45) is 0 Å². The highest BCUT2D eigenvalue weighted by Gasteiger charge is 2.11. The molecule has 0 radical (unpaired) electrons. The maximum absolute atomic E-state index is 13.6. The van der Waals surface area contributed by atoms with Crippen molar-refractivity contribution in [3.63, 3.8) is 0 Å². The molecular formula is C15H24FNOS. The van der Waals surface area contributed by atoms with E-state index in [1.807, 2.05) is 24.9 Å². The van der Waals surface area contributed by atoms with Crippen LogP contribution in [0.4, 0.5) is 4.39 Å². The Morgan fingerprint density at radius 2 is 2.16 bits per heavy atom. The van der Waals surface area contributed by atoms with Crippen molar-refractivity contribution in [1.82, 2.24) is 5.32 Å². The Morgan fingerprint density at radius 3 is 2.68 bits per heavy atom. The minimum absolute atomic E-state index is 0.288. The lowest BCUT2D eigenvalue weighted by Gasteiger charge is -2.18. The maximum Gasteiger partial charge on any atom is 0.165 e. The number of hydrogen-bond acceptors (Lipinski definition) is 3. The van der Waals surface area contributed by atoms with E-state index in [1.54, 1.807) is 12.1 Å². The zero-order valence-corrected chi connectivity index (χ0v) is 13.0. The van der Waals surface area contributed by atoms with Gasteiger partial charge in [0.05, 0.1) is 7.11 Å². The third kappa shape index (κ3) is 5.41. The van der Waals surface area contributed by atoms with E-state index in [4.69, 9.17) is 4.74 Å². The van der Waals surface area contributed by atoms with Crippen molar-refractivity contribution in [2.75, 3.05) is 19.9 Å². The van der Waals surface area contributed by atoms with Crippen molar-refractivity contribution >= 4 is 11.8 Å². The lowest BCUT2D eigenvalue weighted by atomic mass is 10.1. The summed E-state index contributed by atoms with van der Waals surface area (Å²) in [6.07, 6.45) is 2.01. The van der Waals surface area contributed by atoms with Crippen LogP contribution in [-0.2, 0) is 6.42 Å². The van der Waals surface area contributed by atoms with Crippen LogP contribution in [0.25, 0.3) is 0 Å². The average Bonchev–Trinajstić information content (AvgIpc) is 2.43. The molecule has 1 aromatic carbocycles. The molecule has 4 heteroatoms. The highest BCUT2D eigenvalue weighted by atomic mass is 32.2. The zero-order chi connectivity index (χ0) is 14.3. The summed E-state index contributed by atoms with van der Waals surface area (Å²) in [4.78, 5) is 0. The highest BCUT2D eigenvalue weighted by Crippen LogP contribution is 2.20. The number of ether oxygens (including phenoxy) is 1. The van der Waals surface area contributed by atoms with Crippen molar-refractivity contribution in [3.8, 4) is 5.75 Å². The number of thioether (sulfide) groups is 1. The van der Waals surface area contributed by atoms with Crippen molar-refractivity contribution in [2.45, 2.75) is 38.0 Å². The van der Waals surface area contributed by atoms with Crippen LogP contribution in [0.5, 0.6) is 5.75 Å². The largest absolute Gasteiger partial charge is 0.494 e. The van der Waals surface area contributed by atoms with E-state index in [-0.39, 0.29) is 5.82 Å². The molecular weight excluding hydrogens is 261 g/mol. The molecule has 1 rings (SSSR count). The van der Waals surface area contributed by atoms with E-state index < -0.39 is 0 Å². The first-order valence-corrected chi connectivity index (χ1v) is 7.76. The van der Waals surface area contributed by atoms with Gasteiger partial charge in [0.2, 0.25) is 0 Å². The van der Waals surface area contributed by atoms with Crippen LogP contribution in [0, 0.1) is 5.82 Å². The Morgan fingerprint density at radius 1 is 1.42 bits per heavy atom. The second kappa shape index (κ2) is 8.43. The molecule has 2 unspecified atom stereocenters. The summed E-state index contributed by atoms with van der Waals surface area (Å²) in [7, 11) is 3.44. The van der Waals surface area contributed by atoms with Gasteiger partial charge in [-0.1, -0.05) is 19.9 Å². The Kier molecular flexibility index (Phi) is 7.24. The molecule has 0 saturated carbocycles. The number of halogens is 1. The van der Waals surface area contributed by atoms with Crippen LogP contribution in [0.2, 0.25) is 0 Å². The van der Waals surface area contributed by atoms with Gasteiger partial charge in [0.25, 0.3) is 0 Å². The van der Waals surface area contributed by atoms with Gasteiger partial charge in [-0.2, -0.15) is 11.8 Å². The molecule has 2 atom stereocenters. The predicted molar refractivity (Wildman–Crippen MR) is 81.7 cm³/mol. The Balaban J connectivity index is 2.57. The van der Waals surface area contributed by atoms with Gasteiger partial charge in [0.15, 0.2) is 11.6 Å². The van der Waals surface area contributed by atoms with Crippen LogP contribution in [-0.4, -0.2) is 31.2 Å². The first kappa shape index (κ1) is 16.3. The SMILES string of the molecule is CCC(C)SCC(Cc1ccc(OC)c(F)c1)NC. The minimum atomic E-state index is -0.288. The predicted octanol–water partition coefficient (Wildman–Crippen LogP) is 3.50. The van der Waals surface area contributed by atoms with E-state index in [0.717, 1.165) is 17.7 Å². The first-order valence-electron chi connectivity index (χ1n) is 6.72. The normalized spacial score (nSPS) is 14.2. The topological polar surface area (TPSA) is 21.3 Å². The molecule has 108 valence electrons. The molecule has 0 aromatic heterocycles. The third-order valence-corrected chi connectivity index (χ3v) is 4.76. The Hall–Kier alpha value is -0.740. The molecule has 0 aliphatic rings. The van der Waals surface area contributed by atoms with Crippen molar-refractivity contribution < 1.29 is 9.13 Å². The summed E-state index contributed by atoms with van der Waals surface area (Å²) < 4.78 is 18.6. The minimum Gasteiger partial charge on any atom is -0.494 e. The second-order valence-corrected chi connectivity index (χ2v) is 6.18. The molecule has 0 fully saturated rings. The third-order valence-electron chi connectivity index (χ3n) is 3.26. The van der Waals surface area contributed by atoms with Crippen LogP contribution < -0.4 is 10.1 Å². The molecule has 1 N–H and O–H groups in total. The molecule has 0 amide bonds. The summed E-state index contributed by atoms with van der Waals surface area (Å²) in [5, 5.41) is 3.97. The first-order chi connectivity index (χ1) is 9.10. The molecule has 0 bridgehead atoms. The molecule has 0 aliphatic carbocycles. The van der Waals surface area contributed by atoms with Gasteiger partial charge in [-0.05, 0) is 37.6 Å². The maximum atomic E-state index is 13.6. The van der Waals surface area contributed by atoms with Crippen molar-refractivity contribution in [3.05, 3.63) is 29.6 Å². The van der Waals surface area contributed by atoms with Crippen LogP contribution in [0.1, 0.15) is 25.8 Å². The summed E-state index contributed by atoms with van der Waals surface area (Å²) in [6.45, 7) is 4.44. The second-order valence-electron chi connectivity index (χ2n) is 4.71. The van der Waals surface area contributed by atoms with Gasteiger partial charge < -0.3 is 10.1 Å². The lowest BCUT2D eigenvalue weighted by Crippen LogP contribution is -2.30. The fourth-order valence-electron chi connectivity index (χ4n) is 1.76. The zero-order valence-electron chi connectivity index (χ0n) is 12.2. The van der Waals surface area contributed by atoms with Gasteiger partial charge in [-0.15, -0.1) is 0 Å². The smallest absolute Gasteiger partial charge is 0.165 e. The monoisotopic (exact) mass is 285 g/mol. The molecule has 1 aromatic rings. The standard InChI is InChI=1S/C15H24FNOS/c1-5-11(2)19-10-13(17-3)8-12-6-7-15(18-4)14(16)9-12/h6-7,9,11,13,17H,5,8,10H2,1-4H3. The van der Waals surface area contributed by atoms with Gasteiger partial charge >= 0.3 is 0 Å². The number of hydrogen-bond donors (Lipinski definition) is 1. The van der Waals surface area contributed by atoms with E-state index in [2.05, 4.69) is 19.2 Å². The lowest BCUT2D eigenvalue weighted by molar-refractivity contribution is 0.386. The van der Waals surface area contributed by atoms with E-state index >= 15 is 0 Å². The Bertz CT molecular complexity index is 386. The summed E-state index contributed by atoms with van der Waals surface area (Å²) in [5.41, 5.74) is 1.00. The van der Waals surface area contributed by atoms with E-state index in [1.165, 1.54) is 13.5 Å². The molecule has 2 nitrogen and oxygen atoms in total. The molecule has 0 spiro atoms. The van der Waals surface area contributed by atoms with E-state index in [9.17, 15) is 4.39 Å². The quantitative estimate of drug-likeness (QED) is 0.790. The Labute approximate surface area is 120 Å². The van der Waals surface area contributed by atoms with Gasteiger partial charge in [-0.3, -0.25) is 0 Å². The number of rotatable bonds is 8. The van der Waals surface area contributed by atoms with E-state index in [0.29, 0.717) is 17.0 Å². The van der Waals surface area contributed by atoms with Gasteiger partial charge in [0, 0.05) is 17.0 Å². The highest BCUT2D eigenvalue weighted by molar-refractivity contribution is 7.99. The van der Waals surface area contributed by atoms with Crippen LogP contribution in [0.15, 0.2) is 18.2 Å². The number of benzene rings is 1. The summed E-state index contributed by atoms with van der Waals surface area (Å²) in [6, 6.07) is 5.56. The van der Waals surface area contributed by atoms with Crippen molar-refractivity contribution in [1.29, 1.82) is 0 Å². The molecule has 0 aliphatic heterocycles. The van der Waals surface area contributed by atoms with Gasteiger partial charge in [0.1, 0.15) is 0 Å². The molecule has 0 saturated heterocycles. The fourth-order valence-corrected chi connectivity index (χ4v) is 2.85. The van der Waals surface area contributed by atoms with Crippen LogP contribution >= 0.6 is 11.8 Å². The fraction of sp³-hybridized carbons (Fsp3) is 0.600. The number of likely N-dealkylation sites (N-methyl/N-ethyl adjacent to an activating group) is 1. The molecule has 0 heterocycles. The average molecular weight is 285 g/mol. The molecule has 19 heavy (non-hydrogen) atoms. The summed E-state index contributed by atoms with van der Waals surface area (Å²) in [5.74, 6) is 1.06. The number of methoxy groups -OCH3 is 1.